The molecule has 0 aliphatic carbocycles. The first-order chi connectivity index (χ1) is 7.15. The quantitative estimate of drug-likeness (QED) is 0.573. The van der Waals surface area contributed by atoms with E-state index in [4.69, 9.17) is 26.4 Å². The van der Waals surface area contributed by atoms with Gasteiger partial charge in [0.05, 0.1) is 11.6 Å². The van der Waals surface area contributed by atoms with Crippen LogP contribution in [0.2, 0.25) is 5.02 Å². The Hall–Kier alpha value is -0.775. The molecule has 0 aliphatic rings. The summed E-state index contributed by atoms with van der Waals surface area (Å²) in [7, 11) is -1.62. The molecular weight excluding hydrogens is 216 g/mol. The van der Waals surface area contributed by atoms with Gasteiger partial charge < -0.3 is 14.8 Å². The first-order valence-corrected chi connectivity index (χ1v) is 5.17. The highest BCUT2D eigenvalue weighted by atomic mass is 35.5. The lowest BCUT2D eigenvalue weighted by molar-refractivity contribution is 0.298. The van der Waals surface area contributed by atoms with Gasteiger partial charge in [0.1, 0.15) is 0 Å². The zero-order valence-corrected chi connectivity index (χ0v) is 9.24. The van der Waals surface area contributed by atoms with Crippen LogP contribution >= 0.6 is 11.6 Å². The summed E-state index contributed by atoms with van der Waals surface area (Å²) < 4.78 is 5.30. The minimum Gasteiger partial charge on any atom is -0.478 e. The molecule has 1 aromatic heterocycles. The highest BCUT2D eigenvalue weighted by Gasteiger charge is 2.18. The van der Waals surface area contributed by atoms with Crippen LogP contribution < -0.4 is 10.2 Å². The Morgan fingerprint density at radius 1 is 1.53 bits per heavy atom. The molecule has 0 saturated heterocycles. The summed E-state index contributed by atoms with van der Waals surface area (Å²) >= 11 is 5.68. The van der Waals surface area contributed by atoms with E-state index < -0.39 is 7.12 Å². The molecule has 6 heteroatoms. The number of ether oxygens (including phenoxy) is 1. The summed E-state index contributed by atoms with van der Waals surface area (Å²) in [6.07, 6.45) is 3.31. The van der Waals surface area contributed by atoms with E-state index in [1.54, 1.807) is 0 Å². The van der Waals surface area contributed by atoms with Gasteiger partial charge in [-0.15, -0.1) is 0 Å². The number of aromatic nitrogens is 1. The number of halogens is 1. The average Bonchev–Trinajstić information content (AvgIpc) is 2.20. The summed E-state index contributed by atoms with van der Waals surface area (Å²) in [4.78, 5) is 3.90. The maximum atomic E-state index is 9.06. The zero-order chi connectivity index (χ0) is 11.3. The maximum absolute atomic E-state index is 9.06. The number of rotatable bonds is 5. The van der Waals surface area contributed by atoms with Gasteiger partial charge in [-0.2, -0.15) is 0 Å². The lowest BCUT2D eigenvalue weighted by atomic mass is 9.81. The van der Waals surface area contributed by atoms with E-state index in [-0.39, 0.29) is 11.3 Å². The van der Waals surface area contributed by atoms with Crippen LogP contribution in [0.25, 0.3) is 0 Å². The molecule has 4 nitrogen and oxygen atoms in total. The van der Waals surface area contributed by atoms with Crippen molar-refractivity contribution < 1.29 is 14.8 Å². The standard InChI is InChI=1S/C9H13BClNO3/c1-2-3-4-15-9-8(10(13)14)5-7(11)6-12-9/h5-6,13-14H,2-4H2,1H3. The van der Waals surface area contributed by atoms with Crippen molar-refractivity contribution in [2.24, 2.45) is 0 Å². The Kier molecular flexibility index (Phi) is 4.88. The van der Waals surface area contributed by atoms with Crippen molar-refractivity contribution >= 4 is 24.2 Å². The predicted molar refractivity (Wildman–Crippen MR) is 59.5 cm³/mol. The van der Waals surface area contributed by atoms with Crippen LogP contribution in [0, 0.1) is 0 Å². The molecule has 2 N–H and O–H groups in total. The molecule has 0 spiro atoms. The molecule has 0 saturated carbocycles. The van der Waals surface area contributed by atoms with Crippen LogP contribution in [-0.4, -0.2) is 28.8 Å². The van der Waals surface area contributed by atoms with E-state index >= 15 is 0 Å². The summed E-state index contributed by atoms with van der Waals surface area (Å²) in [6.45, 7) is 2.55. The second kappa shape index (κ2) is 5.95. The van der Waals surface area contributed by atoms with Gasteiger partial charge >= 0.3 is 7.12 Å². The molecule has 0 unspecified atom stereocenters. The van der Waals surface area contributed by atoms with Gasteiger partial charge in [0.25, 0.3) is 0 Å². The third kappa shape index (κ3) is 3.70. The molecular formula is C9H13BClNO3. The van der Waals surface area contributed by atoms with Crippen LogP contribution in [-0.2, 0) is 0 Å². The fourth-order valence-electron chi connectivity index (χ4n) is 1.06. The van der Waals surface area contributed by atoms with E-state index in [9.17, 15) is 0 Å². The first-order valence-electron chi connectivity index (χ1n) is 4.79. The third-order valence-electron chi connectivity index (χ3n) is 1.86. The maximum Gasteiger partial charge on any atom is 0.494 e. The van der Waals surface area contributed by atoms with E-state index in [2.05, 4.69) is 4.98 Å². The van der Waals surface area contributed by atoms with Gasteiger partial charge in [-0.05, 0) is 12.5 Å². The molecule has 82 valence electrons. The molecule has 0 aromatic carbocycles. The van der Waals surface area contributed by atoms with Gasteiger partial charge in [0.2, 0.25) is 5.88 Å². The number of pyridine rings is 1. The summed E-state index contributed by atoms with van der Waals surface area (Å²) in [5.74, 6) is 0.225. The van der Waals surface area contributed by atoms with Gasteiger partial charge in [0, 0.05) is 11.7 Å². The second-order valence-corrected chi connectivity index (χ2v) is 3.56. The predicted octanol–water partition coefficient (Wildman–Crippen LogP) is 0.594. The van der Waals surface area contributed by atoms with Crippen molar-refractivity contribution in [2.75, 3.05) is 6.61 Å². The van der Waals surface area contributed by atoms with Crippen LogP contribution in [0.5, 0.6) is 5.88 Å². The Bertz CT molecular complexity index is 322. The Morgan fingerprint density at radius 2 is 2.27 bits per heavy atom. The summed E-state index contributed by atoms with van der Waals surface area (Å²) in [5.41, 5.74) is 0.193. The number of unbranched alkanes of at least 4 members (excludes halogenated alkanes) is 1. The average molecular weight is 229 g/mol. The van der Waals surface area contributed by atoms with Gasteiger partial charge in [0.15, 0.2) is 0 Å². The van der Waals surface area contributed by atoms with Crippen molar-refractivity contribution in [1.29, 1.82) is 0 Å². The third-order valence-corrected chi connectivity index (χ3v) is 2.07. The van der Waals surface area contributed by atoms with Crippen LogP contribution in [0.4, 0.5) is 0 Å². The molecule has 1 aromatic rings. The molecule has 0 amide bonds. The monoisotopic (exact) mass is 229 g/mol. The normalized spacial score (nSPS) is 10.1. The van der Waals surface area contributed by atoms with E-state index in [1.807, 2.05) is 6.92 Å². The smallest absolute Gasteiger partial charge is 0.478 e. The lowest BCUT2D eigenvalue weighted by Crippen LogP contribution is -2.32. The molecule has 0 atom stereocenters. The van der Waals surface area contributed by atoms with Crippen LogP contribution in [0.1, 0.15) is 19.8 Å². The highest BCUT2D eigenvalue weighted by molar-refractivity contribution is 6.60. The van der Waals surface area contributed by atoms with Gasteiger partial charge in [-0.1, -0.05) is 24.9 Å². The van der Waals surface area contributed by atoms with Crippen LogP contribution in [0.15, 0.2) is 12.3 Å². The minimum absolute atomic E-state index is 0.193. The van der Waals surface area contributed by atoms with Crippen molar-refractivity contribution in [2.45, 2.75) is 19.8 Å². The van der Waals surface area contributed by atoms with Gasteiger partial charge in [-0.25, -0.2) is 4.98 Å². The molecule has 0 radical (unpaired) electrons. The number of nitrogens with zero attached hydrogens (tertiary/aromatic N) is 1. The molecule has 0 bridgehead atoms. The summed E-state index contributed by atoms with van der Waals surface area (Å²) in [5, 5.41) is 18.5. The topological polar surface area (TPSA) is 62.6 Å². The van der Waals surface area contributed by atoms with Crippen molar-refractivity contribution in [3.05, 3.63) is 17.3 Å². The molecule has 1 rings (SSSR count). The van der Waals surface area contributed by atoms with Gasteiger partial charge in [-0.3, -0.25) is 0 Å². The second-order valence-electron chi connectivity index (χ2n) is 3.12. The lowest BCUT2D eigenvalue weighted by Gasteiger charge is -2.09. The zero-order valence-electron chi connectivity index (χ0n) is 8.48. The fraction of sp³-hybridized carbons (Fsp3) is 0.444. The Labute approximate surface area is 94.0 Å². The minimum atomic E-state index is -1.62. The first kappa shape index (κ1) is 12.3. The molecule has 0 aliphatic heterocycles. The number of hydrogen-bond donors (Lipinski definition) is 2. The van der Waals surface area contributed by atoms with Crippen molar-refractivity contribution in [3.8, 4) is 5.88 Å². The van der Waals surface area contributed by atoms with Crippen molar-refractivity contribution in [1.82, 2.24) is 4.98 Å². The van der Waals surface area contributed by atoms with E-state index in [1.165, 1.54) is 12.3 Å². The Morgan fingerprint density at radius 3 is 2.87 bits per heavy atom. The molecule has 1 heterocycles. The molecule has 15 heavy (non-hydrogen) atoms. The van der Waals surface area contributed by atoms with Crippen LogP contribution in [0.3, 0.4) is 0 Å². The fourth-order valence-corrected chi connectivity index (χ4v) is 1.23. The largest absolute Gasteiger partial charge is 0.494 e. The highest BCUT2D eigenvalue weighted by Crippen LogP contribution is 2.10. The van der Waals surface area contributed by atoms with E-state index in [0.29, 0.717) is 11.6 Å². The van der Waals surface area contributed by atoms with E-state index in [0.717, 1.165) is 12.8 Å². The number of hydrogen-bond acceptors (Lipinski definition) is 4. The Balaban J connectivity index is 2.77. The summed E-state index contributed by atoms with van der Waals surface area (Å²) in [6, 6.07) is 1.43. The van der Waals surface area contributed by atoms with Crippen molar-refractivity contribution in [3.63, 3.8) is 0 Å². The SMILES string of the molecule is CCCCOc1ncc(Cl)cc1B(O)O. The molecule has 0 fully saturated rings.